The summed E-state index contributed by atoms with van der Waals surface area (Å²) >= 11 is 1.23. The molecule has 0 amide bonds. The molecule has 0 radical (unpaired) electrons. The van der Waals surface area contributed by atoms with Crippen LogP contribution >= 0.6 is 11.8 Å². The summed E-state index contributed by atoms with van der Waals surface area (Å²) in [5.74, 6) is 0.732. The maximum atomic E-state index is 12.9. The van der Waals surface area contributed by atoms with Crippen LogP contribution in [0.4, 0.5) is 13.2 Å². The molecule has 0 unspecified atom stereocenters. The minimum atomic E-state index is -4.43. The van der Waals surface area contributed by atoms with Crippen molar-refractivity contribution in [1.82, 2.24) is 14.8 Å². The zero-order valence-electron chi connectivity index (χ0n) is 12.4. The molecular formula is C14H17F3N4OS. The Balaban J connectivity index is 2.39. The second kappa shape index (κ2) is 7.33. The molecule has 23 heavy (non-hydrogen) atoms. The van der Waals surface area contributed by atoms with Crippen LogP contribution in [0.25, 0.3) is 5.69 Å². The van der Waals surface area contributed by atoms with Gasteiger partial charge >= 0.3 is 6.18 Å². The average molecular weight is 346 g/mol. The molecule has 1 aromatic heterocycles. The lowest BCUT2D eigenvalue weighted by atomic mass is 10.2. The molecule has 0 aliphatic rings. The minimum absolute atomic E-state index is 0.0418. The highest BCUT2D eigenvalue weighted by atomic mass is 32.2. The van der Waals surface area contributed by atoms with Crippen molar-refractivity contribution in [3.8, 4) is 5.69 Å². The number of nitrogens with two attached hydrogens (primary N) is 1. The fourth-order valence-electron chi connectivity index (χ4n) is 1.90. The molecule has 0 aliphatic carbocycles. The zero-order chi connectivity index (χ0) is 17.0. The lowest BCUT2D eigenvalue weighted by Crippen LogP contribution is -2.12. The summed E-state index contributed by atoms with van der Waals surface area (Å²) in [6.45, 7) is 1.88. The van der Waals surface area contributed by atoms with E-state index in [1.165, 1.54) is 28.5 Å². The predicted molar refractivity (Wildman–Crippen MR) is 81.3 cm³/mol. The van der Waals surface area contributed by atoms with Gasteiger partial charge in [0, 0.05) is 5.75 Å². The molecule has 0 saturated heterocycles. The quantitative estimate of drug-likeness (QED) is 0.786. The molecule has 1 aromatic carbocycles. The van der Waals surface area contributed by atoms with Crippen molar-refractivity contribution in [2.75, 3.05) is 5.75 Å². The number of halogens is 3. The van der Waals surface area contributed by atoms with Crippen molar-refractivity contribution < 1.29 is 18.3 Å². The monoisotopic (exact) mass is 346 g/mol. The second-order valence-electron chi connectivity index (χ2n) is 4.86. The van der Waals surface area contributed by atoms with Crippen LogP contribution in [0.3, 0.4) is 0 Å². The Morgan fingerprint density at radius 1 is 1.35 bits per heavy atom. The van der Waals surface area contributed by atoms with Gasteiger partial charge in [0.2, 0.25) is 0 Å². The Kier molecular flexibility index (Phi) is 5.66. The first-order valence-corrected chi connectivity index (χ1v) is 7.98. The highest BCUT2D eigenvalue weighted by Crippen LogP contribution is 2.31. The normalized spacial score (nSPS) is 13.3. The summed E-state index contributed by atoms with van der Waals surface area (Å²) in [5.41, 5.74) is 5.14. The molecule has 0 aliphatic heterocycles. The molecule has 2 rings (SSSR count). The molecule has 0 bridgehead atoms. The van der Waals surface area contributed by atoms with Crippen LogP contribution in [0.1, 0.15) is 24.7 Å². The van der Waals surface area contributed by atoms with E-state index in [1.54, 1.807) is 0 Å². The third-order valence-electron chi connectivity index (χ3n) is 3.19. The van der Waals surface area contributed by atoms with Gasteiger partial charge in [-0.2, -0.15) is 13.2 Å². The van der Waals surface area contributed by atoms with Crippen molar-refractivity contribution in [2.24, 2.45) is 5.73 Å². The molecule has 1 atom stereocenters. The van der Waals surface area contributed by atoms with Crippen molar-refractivity contribution >= 4 is 11.8 Å². The molecular weight excluding hydrogens is 329 g/mol. The van der Waals surface area contributed by atoms with Gasteiger partial charge in [-0.3, -0.25) is 4.57 Å². The third kappa shape index (κ3) is 4.24. The zero-order valence-corrected chi connectivity index (χ0v) is 13.2. The number of rotatable bonds is 6. The van der Waals surface area contributed by atoms with E-state index in [-0.39, 0.29) is 6.54 Å². The van der Waals surface area contributed by atoms with E-state index in [0.717, 1.165) is 12.1 Å². The first-order chi connectivity index (χ1) is 10.9. The number of thioether (sulfide) groups is 1. The van der Waals surface area contributed by atoms with Crippen LogP contribution in [0, 0.1) is 0 Å². The number of alkyl halides is 3. The van der Waals surface area contributed by atoms with Crippen LogP contribution in [-0.2, 0) is 12.7 Å². The van der Waals surface area contributed by atoms with Crippen molar-refractivity contribution in [3.05, 3.63) is 35.7 Å². The Morgan fingerprint density at radius 3 is 2.70 bits per heavy atom. The lowest BCUT2D eigenvalue weighted by Gasteiger charge is -2.13. The van der Waals surface area contributed by atoms with Gasteiger partial charge in [-0.25, -0.2) is 0 Å². The maximum absolute atomic E-state index is 12.9. The molecule has 126 valence electrons. The highest BCUT2D eigenvalue weighted by molar-refractivity contribution is 7.99. The second-order valence-corrected chi connectivity index (χ2v) is 5.85. The summed E-state index contributed by atoms with van der Waals surface area (Å²) in [5, 5.41) is 17.9. The van der Waals surface area contributed by atoms with E-state index >= 15 is 0 Å². The molecule has 3 N–H and O–H groups in total. The molecule has 0 fully saturated rings. The van der Waals surface area contributed by atoms with Gasteiger partial charge in [-0.15, -0.1) is 10.2 Å². The van der Waals surface area contributed by atoms with Crippen LogP contribution in [-0.4, -0.2) is 31.7 Å². The van der Waals surface area contributed by atoms with E-state index < -0.39 is 17.8 Å². The topological polar surface area (TPSA) is 77.0 Å². The molecule has 0 saturated carbocycles. The Hall–Kier alpha value is -1.58. The molecule has 2 aromatic rings. The fraction of sp³-hybridized carbons (Fsp3) is 0.429. The lowest BCUT2D eigenvalue weighted by molar-refractivity contribution is -0.137. The van der Waals surface area contributed by atoms with Crippen molar-refractivity contribution in [2.45, 2.75) is 37.3 Å². The molecule has 1 heterocycles. The largest absolute Gasteiger partial charge is 0.416 e. The van der Waals surface area contributed by atoms with Crippen LogP contribution in [0.5, 0.6) is 0 Å². The average Bonchev–Trinajstić information content (AvgIpc) is 2.94. The Morgan fingerprint density at radius 2 is 2.09 bits per heavy atom. The van der Waals surface area contributed by atoms with Crippen LogP contribution in [0.2, 0.25) is 0 Å². The molecule has 5 nitrogen and oxygen atoms in total. The van der Waals surface area contributed by atoms with Gasteiger partial charge in [0.05, 0.1) is 23.9 Å². The number of aliphatic hydroxyl groups is 1. The molecule has 0 spiro atoms. The van der Waals surface area contributed by atoms with Gasteiger partial charge in [-0.05, 0) is 24.6 Å². The number of benzene rings is 1. The summed E-state index contributed by atoms with van der Waals surface area (Å²) in [6, 6.07) is 4.90. The van der Waals surface area contributed by atoms with Gasteiger partial charge in [0.1, 0.15) is 0 Å². The van der Waals surface area contributed by atoms with E-state index in [0.29, 0.717) is 28.8 Å². The minimum Gasteiger partial charge on any atom is -0.392 e. The summed E-state index contributed by atoms with van der Waals surface area (Å²) in [4.78, 5) is 0. The highest BCUT2D eigenvalue weighted by Gasteiger charge is 2.31. The number of hydrogen-bond acceptors (Lipinski definition) is 5. The van der Waals surface area contributed by atoms with E-state index in [1.807, 2.05) is 6.92 Å². The Bertz CT molecular complexity index is 660. The number of hydrogen-bond donors (Lipinski definition) is 2. The van der Waals surface area contributed by atoms with Gasteiger partial charge in [0.15, 0.2) is 11.0 Å². The van der Waals surface area contributed by atoms with Crippen molar-refractivity contribution in [1.29, 1.82) is 0 Å². The number of aromatic nitrogens is 3. The van der Waals surface area contributed by atoms with Crippen LogP contribution in [0.15, 0.2) is 29.4 Å². The summed E-state index contributed by atoms with van der Waals surface area (Å²) in [6.07, 6.45) is -4.37. The smallest absolute Gasteiger partial charge is 0.392 e. The van der Waals surface area contributed by atoms with E-state index in [4.69, 9.17) is 5.73 Å². The van der Waals surface area contributed by atoms with E-state index in [9.17, 15) is 18.3 Å². The van der Waals surface area contributed by atoms with Gasteiger partial charge < -0.3 is 10.8 Å². The maximum Gasteiger partial charge on any atom is 0.416 e. The van der Waals surface area contributed by atoms with E-state index in [2.05, 4.69) is 10.2 Å². The van der Waals surface area contributed by atoms with Gasteiger partial charge in [0.25, 0.3) is 0 Å². The predicted octanol–water partition coefficient (Wildman–Crippen LogP) is 2.61. The van der Waals surface area contributed by atoms with Gasteiger partial charge in [-0.1, -0.05) is 24.8 Å². The fourth-order valence-corrected chi connectivity index (χ4v) is 2.91. The third-order valence-corrected chi connectivity index (χ3v) is 4.26. The standard InChI is InChI=1S/C14H17F3N4OS/c1-2-11(22)8-23-13-20-19-12(7-18)21(13)10-5-3-4-9(6-10)14(15,16)17/h3-6,11,22H,2,7-8,18H2,1H3/t11-/m1/s1. The summed E-state index contributed by atoms with van der Waals surface area (Å²) in [7, 11) is 0. The summed E-state index contributed by atoms with van der Waals surface area (Å²) < 4.78 is 40.2. The SMILES string of the molecule is CC[C@@H](O)CSc1nnc(CN)n1-c1cccc(C(F)(F)F)c1. The first-order valence-electron chi connectivity index (χ1n) is 6.99. The first kappa shape index (κ1) is 17.8. The number of nitrogens with zero attached hydrogens (tertiary/aromatic N) is 3. The molecule has 9 heteroatoms. The van der Waals surface area contributed by atoms with Crippen LogP contribution < -0.4 is 5.73 Å². The number of aliphatic hydroxyl groups excluding tert-OH is 1. The van der Waals surface area contributed by atoms with Crippen molar-refractivity contribution in [3.63, 3.8) is 0 Å². The Labute approximate surface area is 135 Å².